The van der Waals surface area contributed by atoms with E-state index < -0.39 is 6.04 Å². The molecule has 104 valence electrons. The quantitative estimate of drug-likeness (QED) is 0.790. The molecule has 0 radical (unpaired) electrons. The monoisotopic (exact) mass is 260 g/mol. The molecule has 0 aliphatic heterocycles. The van der Waals surface area contributed by atoms with Crippen molar-refractivity contribution in [2.24, 2.45) is 11.7 Å². The zero-order valence-electron chi connectivity index (χ0n) is 11.6. The van der Waals surface area contributed by atoms with Crippen LogP contribution in [0.15, 0.2) is 30.3 Å². The molecular formula is C16H24N2O. The zero-order chi connectivity index (χ0) is 13.7. The molecule has 1 unspecified atom stereocenters. The number of nitrogens with one attached hydrogen (secondary N) is 1. The van der Waals surface area contributed by atoms with Gasteiger partial charge in [0.2, 0.25) is 5.91 Å². The van der Waals surface area contributed by atoms with Crippen LogP contribution < -0.4 is 11.1 Å². The van der Waals surface area contributed by atoms with Crippen LogP contribution in [0.2, 0.25) is 0 Å². The lowest BCUT2D eigenvalue weighted by molar-refractivity contribution is -0.123. The fourth-order valence-corrected chi connectivity index (χ4v) is 2.35. The van der Waals surface area contributed by atoms with Crippen molar-refractivity contribution >= 4 is 5.91 Å². The van der Waals surface area contributed by atoms with Gasteiger partial charge in [-0.3, -0.25) is 4.79 Å². The number of nitrogens with two attached hydrogens (primary N) is 1. The van der Waals surface area contributed by atoms with Gasteiger partial charge in [0.1, 0.15) is 0 Å². The van der Waals surface area contributed by atoms with Crippen LogP contribution in [0.4, 0.5) is 0 Å². The number of carbonyl (C=O) groups excluding carboxylic acids is 1. The fraction of sp³-hybridized carbons (Fsp3) is 0.562. The number of benzene rings is 1. The zero-order valence-corrected chi connectivity index (χ0v) is 11.6. The minimum Gasteiger partial charge on any atom is -0.352 e. The Labute approximate surface area is 115 Å². The van der Waals surface area contributed by atoms with Gasteiger partial charge >= 0.3 is 0 Å². The molecule has 3 N–H and O–H groups in total. The van der Waals surface area contributed by atoms with Crippen molar-refractivity contribution in [2.45, 2.75) is 51.1 Å². The van der Waals surface area contributed by atoms with E-state index in [4.69, 9.17) is 5.73 Å². The van der Waals surface area contributed by atoms with Gasteiger partial charge in [-0.2, -0.15) is 0 Å². The summed E-state index contributed by atoms with van der Waals surface area (Å²) < 4.78 is 0. The summed E-state index contributed by atoms with van der Waals surface area (Å²) in [5, 5.41) is 3.09. The van der Waals surface area contributed by atoms with E-state index in [-0.39, 0.29) is 5.91 Å². The molecule has 0 heterocycles. The van der Waals surface area contributed by atoms with Gasteiger partial charge in [-0.25, -0.2) is 0 Å². The van der Waals surface area contributed by atoms with Crippen molar-refractivity contribution in [3.63, 3.8) is 0 Å². The van der Waals surface area contributed by atoms with Crippen LogP contribution in [0, 0.1) is 5.92 Å². The second kappa shape index (κ2) is 6.71. The Morgan fingerprint density at radius 1 is 1.37 bits per heavy atom. The summed E-state index contributed by atoms with van der Waals surface area (Å²) in [6, 6.07) is 9.78. The summed E-state index contributed by atoms with van der Waals surface area (Å²) in [5.74, 6) is 0.812. The normalized spacial score (nSPS) is 17.8. The molecule has 0 bridgehead atoms. The van der Waals surface area contributed by atoms with Crippen molar-refractivity contribution in [3.8, 4) is 0 Å². The van der Waals surface area contributed by atoms with Crippen LogP contribution in [-0.2, 0) is 11.2 Å². The highest BCUT2D eigenvalue weighted by atomic mass is 16.2. The van der Waals surface area contributed by atoms with Gasteiger partial charge in [0.25, 0.3) is 0 Å². The van der Waals surface area contributed by atoms with E-state index in [1.807, 2.05) is 30.3 Å². The van der Waals surface area contributed by atoms with Gasteiger partial charge in [-0.1, -0.05) is 50.1 Å². The van der Waals surface area contributed by atoms with Gasteiger partial charge in [-0.05, 0) is 30.7 Å². The Morgan fingerprint density at radius 2 is 2.05 bits per heavy atom. The van der Waals surface area contributed by atoms with Gasteiger partial charge in [0.05, 0.1) is 6.04 Å². The predicted octanol–water partition coefficient (Wildman–Crippen LogP) is 2.25. The Bertz CT molecular complexity index is 400. The van der Waals surface area contributed by atoms with Gasteiger partial charge in [0, 0.05) is 6.04 Å². The lowest BCUT2D eigenvalue weighted by Gasteiger charge is -2.19. The summed E-state index contributed by atoms with van der Waals surface area (Å²) in [7, 11) is 0. The van der Waals surface area contributed by atoms with Crippen LogP contribution in [0.1, 0.15) is 38.2 Å². The molecule has 2 rings (SSSR count). The fourth-order valence-electron chi connectivity index (χ4n) is 2.35. The second-order valence-electron chi connectivity index (χ2n) is 5.59. The first-order valence-electron chi connectivity index (χ1n) is 7.29. The SMILES string of the molecule is CCC(CC1CC1)NC(=O)[C@H](N)Cc1ccccc1. The number of rotatable bonds is 7. The van der Waals surface area contributed by atoms with Crippen LogP contribution in [0.5, 0.6) is 0 Å². The van der Waals surface area contributed by atoms with Crippen molar-refractivity contribution in [1.29, 1.82) is 0 Å². The molecule has 1 aromatic carbocycles. The molecule has 1 saturated carbocycles. The highest BCUT2D eigenvalue weighted by molar-refractivity contribution is 5.82. The van der Waals surface area contributed by atoms with E-state index in [9.17, 15) is 4.79 Å². The number of hydrogen-bond donors (Lipinski definition) is 2. The Kier molecular flexibility index (Phi) is 4.97. The molecule has 1 amide bonds. The molecule has 1 aliphatic rings. The van der Waals surface area contributed by atoms with Crippen molar-refractivity contribution < 1.29 is 4.79 Å². The molecule has 1 aromatic rings. The lowest BCUT2D eigenvalue weighted by Crippen LogP contribution is -2.46. The first-order chi connectivity index (χ1) is 9.19. The Balaban J connectivity index is 1.80. The van der Waals surface area contributed by atoms with Crippen LogP contribution >= 0.6 is 0 Å². The second-order valence-corrected chi connectivity index (χ2v) is 5.59. The molecular weight excluding hydrogens is 236 g/mol. The van der Waals surface area contributed by atoms with Crippen molar-refractivity contribution in [3.05, 3.63) is 35.9 Å². The average Bonchev–Trinajstić information content (AvgIpc) is 3.23. The topological polar surface area (TPSA) is 55.1 Å². The third-order valence-electron chi connectivity index (χ3n) is 3.79. The maximum Gasteiger partial charge on any atom is 0.237 e. The number of hydrogen-bond acceptors (Lipinski definition) is 2. The third-order valence-corrected chi connectivity index (χ3v) is 3.79. The van der Waals surface area contributed by atoms with Crippen LogP contribution in [-0.4, -0.2) is 18.0 Å². The van der Waals surface area contributed by atoms with E-state index in [2.05, 4.69) is 12.2 Å². The maximum atomic E-state index is 12.1. The highest BCUT2D eigenvalue weighted by Gasteiger charge is 2.26. The molecule has 1 aliphatic carbocycles. The van der Waals surface area contributed by atoms with E-state index in [1.54, 1.807) is 0 Å². The number of carbonyl (C=O) groups is 1. The van der Waals surface area contributed by atoms with E-state index in [0.717, 1.165) is 24.3 Å². The molecule has 3 heteroatoms. The maximum absolute atomic E-state index is 12.1. The average molecular weight is 260 g/mol. The minimum atomic E-state index is -0.448. The molecule has 0 saturated heterocycles. The summed E-state index contributed by atoms with van der Waals surface area (Å²) in [6.07, 6.45) is 5.35. The van der Waals surface area contributed by atoms with Crippen molar-refractivity contribution in [1.82, 2.24) is 5.32 Å². The third kappa shape index (κ3) is 4.67. The predicted molar refractivity (Wildman–Crippen MR) is 77.7 cm³/mol. The standard InChI is InChI=1S/C16H24N2O/c1-2-14(10-13-8-9-13)18-16(19)15(17)11-12-6-4-3-5-7-12/h3-7,13-15H,2,8-11,17H2,1H3,(H,18,19)/t14?,15-/m1/s1. The smallest absolute Gasteiger partial charge is 0.237 e. The summed E-state index contributed by atoms with van der Waals surface area (Å²) in [5.41, 5.74) is 7.10. The summed E-state index contributed by atoms with van der Waals surface area (Å²) in [6.45, 7) is 2.12. The largest absolute Gasteiger partial charge is 0.352 e. The summed E-state index contributed by atoms with van der Waals surface area (Å²) in [4.78, 5) is 12.1. The highest BCUT2D eigenvalue weighted by Crippen LogP contribution is 2.34. The molecule has 2 atom stereocenters. The van der Waals surface area contributed by atoms with Crippen LogP contribution in [0.3, 0.4) is 0 Å². The van der Waals surface area contributed by atoms with Gasteiger partial charge in [-0.15, -0.1) is 0 Å². The summed E-state index contributed by atoms with van der Waals surface area (Å²) >= 11 is 0. The molecule has 0 aromatic heterocycles. The van der Waals surface area contributed by atoms with Gasteiger partial charge in [0.15, 0.2) is 0 Å². The molecule has 19 heavy (non-hydrogen) atoms. The lowest BCUT2D eigenvalue weighted by atomic mass is 10.0. The molecule has 3 nitrogen and oxygen atoms in total. The first kappa shape index (κ1) is 14.1. The Morgan fingerprint density at radius 3 is 2.63 bits per heavy atom. The van der Waals surface area contributed by atoms with Crippen molar-refractivity contribution in [2.75, 3.05) is 0 Å². The first-order valence-corrected chi connectivity index (χ1v) is 7.29. The van der Waals surface area contributed by atoms with E-state index in [0.29, 0.717) is 12.5 Å². The van der Waals surface area contributed by atoms with Crippen LogP contribution in [0.25, 0.3) is 0 Å². The van der Waals surface area contributed by atoms with Gasteiger partial charge < -0.3 is 11.1 Å². The molecule has 1 fully saturated rings. The Hall–Kier alpha value is -1.35. The van der Waals surface area contributed by atoms with E-state index >= 15 is 0 Å². The van der Waals surface area contributed by atoms with E-state index in [1.165, 1.54) is 12.8 Å². The minimum absolute atomic E-state index is 0.0173. The number of amides is 1. The molecule has 0 spiro atoms.